The Morgan fingerprint density at radius 1 is 1.30 bits per heavy atom. The van der Waals surface area contributed by atoms with E-state index in [1.165, 1.54) is 0 Å². The van der Waals surface area contributed by atoms with E-state index in [-0.39, 0.29) is 0 Å². The number of nitrogens with two attached hydrogens (primary N) is 1. The summed E-state index contributed by atoms with van der Waals surface area (Å²) in [7, 11) is -1.34. The molecule has 5 nitrogen and oxygen atoms in total. The van der Waals surface area contributed by atoms with Crippen molar-refractivity contribution in [2.24, 2.45) is 11.7 Å². The van der Waals surface area contributed by atoms with Gasteiger partial charge in [0.05, 0.1) is 4.90 Å². The second-order valence-corrected chi connectivity index (χ2v) is 7.24. The average Bonchev–Trinajstić information content (AvgIpc) is 2.37. The van der Waals surface area contributed by atoms with E-state index in [0.29, 0.717) is 23.4 Å². The lowest BCUT2D eigenvalue weighted by molar-refractivity contribution is 0.271. The van der Waals surface area contributed by atoms with Crippen molar-refractivity contribution in [2.45, 2.75) is 30.7 Å². The first-order valence-corrected chi connectivity index (χ1v) is 8.47. The van der Waals surface area contributed by atoms with Crippen LogP contribution in [0.5, 0.6) is 0 Å². The first-order chi connectivity index (χ1) is 9.42. The Labute approximate surface area is 121 Å². The Balaban J connectivity index is 2.00. The molecule has 0 heterocycles. The van der Waals surface area contributed by atoms with Gasteiger partial charge in [-0.1, -0.05) is 6.92 Å². The topological polar surface area (TPSA) is 75.4 Å². The molecule has 112 valence electrons. The van der Waals surface area contributed by atoms with E-state index in [0.717, 1.165) is 25.1 Å². The third-order valence-electron chi connectivity index (χ3n) is 3.73. The van der Waals surface area contributed by atoms with Crippen molar-refractivity contribution in [3.05, 3.63) is 24.3 Å². The van der Waals surface area contributed by atoms with E-state index in [1.54, 1.807) is 19.1 Å². The number of nitrogens with one attached hydrogen (secondary N) is 1. The second kappa shape index (κ2) is 6.11. The summed E-state index contributed by atoms with van der Waals surface area (Å²) in [6.07, 6.45) is 2.16. The number of hydrogen-bond acceptors (Lipinski definition) is 4. The van der Waals surface area contributed by atoms with E-state index in [4.69, 9.17) is 5.73 Å². The van der Waals surface area contributed by atoms with E-state index in [9.17, 15) is 8.42 Å². The molecule has 20 heavy (non-hydrogen) atoms. The zero-order valence-corrected chi connectivity index (χ0v) is 12.9. The maximum absolute atomic E-state index is 11.8. The summed E-state index contributed by atoms with van der Waals surface area (Å²) in [5.74, 6) is 0.653. The molecule has 0 amide bonds. The Bertz CT molecular complexity index is 536. The van der Waals surface area contributed by atoms with Gasteiger partial charge >= 0.3 is 0 Å². The highest BCUT2D eigenvalue weighted by molar-refractivity contribution is 7.89. The van der Waals surface area contributed by atoms with E-state index < -0.39 is 10.0 Å². The summed E-state index contributed by atoms with van der Waals surface area (Å²) in [5.41, 5.74) is 6.82. The highest BCUT2D eigenvalue weighted by atomic mass is 32.2. The van der Waals surface area contributed by atoms with Gasteiger partial charge in [0, 0.05) is 31.9 Å². The molecule has 0 spiro atoms. The number of rotatable bonds is 6. The van der Waals surface area contributed by atoms with Crippen LogP contribution in [0.3, 0.4) is 0 Å². The molecule has 0 bridgehead atoms. The van der Waals surface area contributed by atoms with Gasteiger partial charge in [0.25, 0.3) is 0 Å². The number of benzene rings is 1. The first kappa shape index (κ1) is 15.3. The van der Waals surface area contributed by atoms with Crippen LogP contribution in [0.2, 0.25) is 0 Å². The molecule has 1 aromatic carbocycles. The lowest BCUT2D eigenvalue weighted by Gasteiger charge is -2.36. The Morgan fingerprint density at radius 3 is 2.40 bits per heavy atom. The molecule has 0 radical (unpaired) electrons. The molecule has 1 aromatic rings. The molecule has 1 aliphatic carbocycles. The molecule has 0 aromatic heterocycles. The van der Waals surface area contributed by atoms with Crippen molar-refractivity contribution in [3.8, 4) is 0 Å². The quantitative estimate of drug-likeness (QED) is 0.826. The van der Waals surface area contributed by atoms with Gasteiger partial charge in [-0.3, -0.25) is 0 Å². The summed E-state index contributed by atoms with van der Waals surface area (Å²) in [5, 5.41) is 0. The van der Waals surface area contributed by atoms with Gasteiger partial charge in [-0.2, -0.15) is 0 Å². The van der Waals surface area contributed by atoms with Gasteiger partial charge in [-0.05, 0) is 43.0 Å². The molecule has 0 saturated heterocycles. The maximum Gasteiger partial charge on any atom is 0.240 e. The fourth-order valence-electron chi connectivity index (χ4n) is 2.58. The van der Waals surface area contributed by atoms with Crippen LogP contribution in [-0.2, 0) is 10.0 Å². The van der Waals surface area contributed by atoms with E-state index in [1.807, 2.05) is 19.2 Å². The fourth-order valence-corrected chi connectivity index (χ4v) is 3.62. The minimum absolute atomic E-state index is 0.308. The van der Waals surface area contributed by atoms with Crippen LogP contribution in [0.1, 0.15) is 19.8 Å². The number of sulfonamides is 1. The molecule has 6 heteroatoms. The van der Waals surface area contributed by atoms with Crippen LogP contribution in [0.15, 0.2) is 29.2 Å². The molecule has 0 atom stereocenters. The van der Waals surface area contributed by atoms with Crippen molar-refractivity contribution in [3.63, 3.8) is 0 Å². The minimum Gasteiger partial charge on any atom is -0.374 e. The van der Waals surface area contributed by atoms with Gasteiger partial charge in [0.2, 0.25) is 10.0 Å². The van der Waals surface area contributed by atoms with Crippen molar-refractivity contribution in [2.75, 3.05) is 25.0 Å². The predicted molar refractivity (Wildman–Crippen MR) is 81.3 cm³/mol. The second-order valence-electron chi connectivity index (χ2n) is 5.47. The van der Waals surface area contributed by atoms with Crippen LogP contribution in [0, 0.1) is 5.92 Å². The third kappa shape index (κ3) is 3.50. The van der Waals surface area contributed by atoms with Gasteiger partial charge in [-0.25, -0.2) is 13.1 Å². The van der Waals surface area contributed by atoms with Crippen molar-refractivity contribution < 1.29 is 8.42 Å². The third-order valence-corrected chi connectivity index (χ3v) is 5.29. The van der Waals surface area contributed by atoms with Crippen LogP contribution in [0.25, 0.3) is 0 Å². The van der Waals surface area contributed by atoms with E-state index >= 15 is 0 Å². The predicted octanol–water partition coefficient (Wildman–Crippen LogP) is 1.16. The molecule has 3 N–H and O–H groups in total. The molecule has 2 rings (SSSR count). The zero-order valence-electron chi connectivity index (χ0n) is 12.0. The minimum atomic E-state index is -3.36. The zero-order chi connectivity index (χ0) is 14.8. The lowest BCUT2D eigenvalue weighted by Crippen LogP contribution is -2.41. The molecule has 1 fully saturated rings. The van der Waals surface area contributed by atoms with Gasteiger partial charge in [0.1, 0.15) is 0 Å². The molecule has 1 aliphatic rings. The van der Waals surface area contributed by atoms with Crippen molar-refractivity contribution >= 4 is 15.7 Å². The Kier molecular flexibility index (Phi) is 4.67. The summed E-state index contributed by atoms with van der Waals surface area (Å²) in [6.45, 7) is 3.13. The molecule has 1 saturated carbocycles. The van der Waals surface area contributed by atoms with Gasteiger partial charge < -0.3 is 10.6 Å². The Hall–Kier alpha value is -1.11. The molecular weight excluding hydrogens is 274 g/mol. The van der Waals surface area contributed by atoms with Crippen LogP contribution in [-0.4, -0.2) is 34.6 Å². The van der Waals surface area contributed by atoms with Gasteiger partial charge in [-0.15, -0.1) is 0 Å². The number of anilines is 1. The summed E-state index contributed by atoms with van der Waals surface area (Å²) >= 11 is 0. The normalized spacial score (nSPS) is 22.4. The maximum atomic E-state index is 11.8. The van der Waals surface area contributed by atoms with Gasteiger partial charge in [0.15, 0.2) is 0 Å². The van der Waals surface area contributed by atoms with Crippen LogP contribution in [0.4, 0.5) is 5.69 Å². The number of hydrogen-bond donors (Lipinski definition) is 2. The van der Waals surface area contributed by atoms with E-state index in [2.05, 4.69) is 9.62 Å². The van der Waals surface area contributed by atoms with Crippen molar-refractivity contribution in [1.82, 2.24) is 4.72 Å². The van der Waals surface area contributed by atoms with Crippen LogP contribution >= 0.6 is 0 Å². The standard InChI is InChI=1S/C14H23N3O2S/c1-3-16-20(18,19)14-6-4-13(5-7-14)17(2)10-11-8-12(15)9-11/h4-7,11-12,16H,3,8-10,15H2,1-2H3. The summed E-state index contributed by atoms with van der Waals surface area (Å²) in [4.78, 5) is 2.46. The Morgan fingerprint density at radius 2 is 1.90 bits per heavy atom. The van der Waals surface area contributed by atoms with Crippen LogP contribution < -0.4 is 15.4 Å². The largest absolute Gasteiger partial charge is 0.374 e. The highest BCUT2D eigenvalue weighted by Crippen LogP contribution is 2.28. The molecule has 0 unspecified atom stereocenters. The summed E-state index contributed by atoms with van der Waals surface area (Å²) < 4.78 is 26.2. The fraction of sp³-hybridized carbons (Fsp3) is 0.571. The van der Waals surface area contributed by atoms with Crippen molar-refractivity contribution in [1.29, 1.82) is 0 Å². The monoisotopic (exact) mass is 297 g/mol. The number of nitrogens with zero attached hydrogens (tertiary/aromatic N) is 1. The molecule has 0 aliphatic heterocycles. The smallest absolute Gasteiger partial charge is 0.240 e. The average molecular weight is 297 g/mol. The SMILES string of the molecule is CCNS(=O)(=O)c1ccc(N(C)CC2CC(N)C2)cc1. The lowest BCUT2D eigenvalue weighted by atomic mass is 9.80. The highest BCUT2D eigenvalue weighted by Gasteiger charge is 2.26. The first-order valence-electron chi connectivity index (χ1n) is 6.99. The molecular formula is C14H23N3O2S. The summed E-state index contributed by atoms with van der Waals surface area (Å²) in [6, 6.07) is 7.36.